The Balaban J connectivity index is 2.80. The number of rotatable bonds is 2. The number of phenolic OH excluding ortho intramolecular Hbond substituents is 1. The van der Waals surface area contributed by atoms with Gasteiger partial charge in [-0.2, -0.15) is 0 Å². The molecule has 1 amide bonds. The zero-order valence-electron chi connectivity index (χ0n) is 10.5. The highest BCUT2D eigenvalue weighted by atomic mass is 35.5. The highest BCUT2D eigenvalue weighted by Gasteiger charge is 2.22. The number of hydrogen-bond acceptors (Lipinski definition) is 2. The number of phenols is 1. The molecule has 3 nitrogen and oxygen atoms in total. The van der Waals surface area contributed by atoms with Gasteiger partial charge < -0.3 is 10.4 Å². The summed E-state index contributed by atoms with van der Waals surface area (Å²) in [5, 5.41) is 12.4. The monoisotopic (exact) mass is 255 g/mol. The molecule has 1 aromatic rings. The maximum Gasteiger partial charge on any atom is 0.251 e. The minimum absolute atomic E-state index is 0.00360. The van der Waals surface area contributed by atoms with Crippen LogP contribution in [0.2, 0.25) is 5.02 Å². The molecular weight excluding hydrogens is 238 g/mol. The molecule has 0 aromatic heterocycles. The van der Waals surface area contributed by atoms with Crippen molar-refractivity contribution < 1.29 is 9.90 Å². The van der Waals surface area contributed by atoms with Crippen LogP contribution in [0.25, 0.3) is 0 Å². The number of carbonyl (C=O) groups is 1. The van der Waals surface area contributed by atoms with E-state index in [9.17, 15) is 9.90 Å². The van der Waals surface area contributed by atoms with E-state index in [1.807, 2.05) is 6.92 Å². The van der Waals surface area contributed by atoms with Crippen LogP contribution >= 0.6 is 11.6 Å². The molecule has 0 bridgehead atoms. The number of nitrogens with one attached hydrogen (secondary N) is 1. The topological polar surface area (TPSA) is 49.3 Å². The molecule has 1 aromatic carbocycles. The molecule has 0 saturated heterocycles. The van der Waals surface area contributed by atoms with Gasteiger partial charge in [-0.1, -0.05) is 32.4 Å². The maximum atomic E-state index is 11.9. The van der Waals surface area contributed by atoms with E-state index in [1.165, 1.54) is 12.1 Å². The lowest BCUT2D eigenvalue weighted by Gasteiger charge is -2.28. The van der Waals surface area contributed by atoms with Crippen molar-refractivity contribution in [3.63, 3.8) is 0 Å². The van der Waals surface area contributed by atoms with Crippen molar-refractivity contribution in [1.29, 1.82) is 0 Å². The Hall–Kier alpha value is -1.22. The van der Waals surface area contributed by atoms with Crippen LogP contribution in [0.5, 0.6) is 5.75 Å². The molecule has 0 heterocycles. The fourth-order valence-electron chi connectivity index (χ4n) is 1.14. The summed E-state index contributed by atoms with van der Waals surface area (Å²) in [5.41, 5.74) is 0.444. The van der Waals surface area contributed by atoms with E-state index in [0.717, 1.165) is 0 Å². The molecule has 0 aliphatic heterocycles. The second kappa shape index (κ2) is 4.96. The molecule has 0 spiro atoms. The Labute approximate surface area is 107 Å². The first-order valence-electron chi connectivity index (χ1n) is 5.51. The van der Waals surface area contributed by atoms with Crippen LogP contribution in [0.15, 0.2) is 18.2 Å². The number of carbonyl (C=O) groups excluding carboxylic acids is 1. The summed E-state index contributed by atoms with van der Waals surface area (Å²) in [7, 11) is 0. The third kappa shape index (κ3) is 3.63. The molecule has 1 atom stereocenters. The highest BCUT2D eigenvalue weighted by molar-refractivity contribution is 6.32. The summed E-state index contributed by atoms with van der Waals surface area (Å²) >= 11 is 5.75. The van der Waals surface area contributed by atoms with Crippen molar-refractivity contribution in [2.75, 3.05) is 0 Å². The normalized spacial score (nSPS) is 13.2. The van der Waals surface area contributed by atoms with E-state index < -0.39 is 0 Å². The SMILES string of the molecule is CC(NC(=O)c1ccc(O)c(Cl)c1)C(C)(C)C. The van der Waals surface area contributed by atoms with E-state index in [0.29, 0.717) is 5.56 Å². The van der Waals surface area contributed by atoms with Gasteiger partial charge in [-0.3, -0.25) is 4.79 Å². The zero-order chi connectivity index (χ0) is 13.2. The predicted octanol–water partition coefficient (Wildman–Crippen LogP) is 3.21. The Bertz CT molecular complexity index is 424. The van der Waals surface area contributed by atoms with Crippen molar-refractivity contribution >= 4 is 17.5 Å². The van der Waals surface area contributed by atoms with Gasteiger partial charge in [-0.15, -0.1) is 0 Å². The average Bonchev–Trinajstić information content (AvgIpc) is 2.20. The van der Waals surface area contributed by atoms with Crippen LogP contribution in [0.4, 0.5) is 0 Å². The summed E-state index contributed by atoms with van der Waals surface area (Å²) < 4.78 is 0. The molecule has 1 rings (SSSR count). The number of aromatic hydroxyl groups is 1. The summed E-state index contributed by atoms with van der Waals surface area (Å²) in [6, 6.07) is 4.47. The molecule has 0 aliphatic carbocycles. The van der Waals surface area contributed by atoms with E-state index in [1.54, 1.807) is 6.07 Å². The highest BCUT2D eigenvalue weighted by Crippen LogP contribution is 2.24. The summed E-state index contributed by atoms with van der Waals surface area (Å²) in [6.07, 6.45) is 0. The van der Waals surface area contributed by atoms with Gasteiger partial charge in [0.2, 0.25) is 0 Å². The lowest BCUT2D eigenvalue weighted by Crippen LogP contribution is -2.41. The van der Waals surface area contributed by atoms with E-state index in [4.69, 9.17) is 11.6 Å². The maximum absolute atomic E-state index is 11.9. The Morgan fingerprint density at radius 2 is 2.00 bits per heavy atom. The van der Waals surface area contributed by atoms with Crippen LogP contribution in [0, 0.1) is 5.41 Å². The average molecular weight is 256 g/mol. The predicted molar refractivity (Wildman–Crippen MR) is 69.5 cm³/mol. The van der Waals surface area contributed by atoms with Crippen molar-refractivity contribution in [1.82, 2.24) is 5.32 Å². The molecule has 94 valence electrons. The third-order valence-corrected chi connectivity index (χ3v) is 3.16. The molecule has 0 radical (unpaired) electrons. The number of hydrogen-bond donors (Lipinski definition) is 2. The first kappa shape index (κ1) is 13.8. The van der Waals surface area contributed by atoms with Crippen LogP contribution in [0.3, 0.4) is 0 Å². The molecule has 0 aliphatic rings. The van der Waals surface area contributed by atoms with Gasteiger partial charge in [0.1, 0.15) is 5.75 Å². The fourth-order valence-corrected chi connectivity index (χ4v) is 1.33. The Kier molecular flexibility index (Phi) is 4.04. The second-order valence-electron chi connectivity index (χ2n) is 5.23. The first-order chi connectivity index (χ1) is 7.71. The molecular formula is C13H18ClNO2. The summed E-state index contributed by atoms with van der Waals surface area (Å²) in [4.78, 5) is 11.9. The van der Waals surface area contributed by atoms with Crippen LogP contribution < -0.4 is 5.32 Å². The van der Waals surface area contributed by atoms with Crippen LogP contribution in [-0.2, 0) is 0 Å². The van der Waals surface area contributed by atoms with Gasteiger partial charge in [0.25, 0.3) is 5.91 Å². The smallest absolute Gasteiger partial charge is 0.251 e. The van der Waals surface area contributed by atoms with E-state index in [-0.39, 0.29) is 28.1 Å². The van der Waals surface area contributed by atoms with Crippen LogP contribution in [-0.4, -0.2) is 17.1 Å². The zero-order valence-corrected chi connectivity index (χ0v) is 11.3. The van der Waals surface area contributed by atoms with Crippen molar-refractivity contribution in [3.05, 3.63) is 28.8 Å². The molecule has 0 fully saturated rings. The van der Waals surface area contributed by atoms with Crippen LogP contribution in [0.1, 0.15) is 38.1 Å². The Morgan fingerprint density at radius 1 is 1.41 bits per heavy atom. The lowest BCUT2D eigenvalue weighted by molar-refractivity contribution is 0.0910. The quantitative estimate of drug-likeness (QED) is 0.853. The Morgan fingerprint density at radius 3 is 2.47 bits per heavy atom. The summed E-state index contributed by atoms with van der Waals surface area (Å²) in [6.45, 7) is 8.13. The van der Waals surface area contributed by atoms with Crippen molar-refractivity contribution in [2.24, 2.45) is 5.41 Å². The van der Waals surface area contributed by atoms with E-state index in [2.05, 4.69) is 26.1 Å². The van der Waals surface area contributed by atoms with Gasteiger partial charge in [-0.05, 0) is 30.5 Å². The number of benzene rings is 1. The number of amides is 1. The van der Waals surface area contributed by atoms with Gasteiger partial charge in [0, 0.05) is 11.6 Å². The first-order valence-corrected chi connectivity index (χ1v) is 5.89. The van der Waals surface area contributed by atoms with Gasteiger partial charge >= 0.3 is 0 Å². The van der Waals surface area contributed by atoms with Gasteiger partial charge in [-0.25, -0.2) is 0 Å². The minimum atomic E-state index is -0.186. The number of halogens is 1. The third-order valence-electron chi connectivity index (χ3n) is 2.86. The molecule has 1 unspecified atom stereocenters. The fraction of sp³-hybridized carbons (Fsp3) is 0.462. The second-order valence-corrected chi connectivity index (χ2v) is 5.63. The molecule has 0 saturated carbocycles. The standard InChI is InChI=1S/C13H18ClNO2/c1-8(13(2,3)4)15-12(17)9-5-6-11(16)10(14)7-9/h5-8,16H,1-4H3,(H,15,17). The molecule has 17 heavy (non-hydrogen) atoms. The van der Waals surface area contributed by atoms with Gasteiger partial charge in [0.15, 0.2) is 0 Å². The summed E-state index contributed by atoms with van der Waals surface area (Å²) in [5.74, 6) is -0.207. The van der Waals surface area contributed by atoms with Crippen molar-refractivity contribution in [3.8, 4) is 5.75 Å². The molecule has 4 heteroatoms. The molecule has 2 N–H and O–H groups in total. The lowest BCUT2D eigenvalue weighted by atomic mass is 9.88. The largest absolute Gasteiger partial charge is 0.506 e. The minimum Gasteiger partial charge on any atom is -0.506 e. The van der Waals surface area contributed by atoms with Gasteiger partial charge in [0.05, 0.1) is 5.02 Å². The van der Waals surface area contributed by atoms with Crippen molar-refractivity contribution in [2.45, 2.75) is 33.7 Å². The van der Waals surface area contributed by atoms with E-state index >= 15 is 0 Å².